The van der Waals surface area contributed by atoms with Crippen LogP contribution >= 0.6 is 7.82 Å². The molecule has 12 heteroatoms. The van der Waals surface area contributed by atoms with E-state index in [1.807, 2.05) is 39.4 Å². The summed E-state index contributed by atoms with van der Waals surface area (Å²) in [7, 11) is 1.09. The Morgan fingerprint density at radius 2 is 1.42 bits per heavy atom. The number of hydrogen-bond donors (Lipinski definition) is 4. The zero-order valence-corrected chi connectivity index (χ0v) is 37.4. The molecule has 0 aromatic carbocycles. The van der Waals surface area contributed by atoms with Gasteiger partial charge in [0.1, 0.15) is 18.9 Å². The number of likely N-dealkylation sites (N-methyl/N-ethyl adjacent to an activating group) is 1. The minimum absolute atomic E-state index is 0.00765. The second-order valence-corrected chi connectivity index (χ2v) is 18.6. The molecule has 0 spiro atoms. The van der Waals surface area contributed by atoms with Gasteiger partial charge in [-0.3, -0.25) is 14.2 Å². The number of rotatable bonds is 36. The average molecular weight is 827 g/mol. The Kier molecular flexibility index (Phi) is 30.1. The molecule has 332 valence electrons. The fourth-order valence-corrected chi connectivity index (χ4v) is 7.74. The summed E-state index contributed by atoms with van der Waals surface area (Å²) in [5.41, 5.74) is 0. The monoisotopic (exact) mass is 827 g/mol. The number of nitrogens with zero attached hydrogens (tertiary/aromatic N) is 1. The topological polar surface area (TPSA) is 165 Å². The third-order valence-corrected chi connectivity index (χ3v) is 11.7. The summed E-state index contributed by atoms with van der Waals surface area (Å²) in [5, 5.41) is 34.5. The van der Waals surface area contributed by atoms with Gasteiger partial charge in [0.25, 0.3) is 7.82 Å². The minimum atomic E-state index is -4.66. The fraction of sp³-hybridized carbons (Fsp3) is 0.822. The number of phosphoric ester groups is 1. The van der Waals surface area contributed by atoms with Crippen molar-refractivity contribution in [1.29, 1.82) is 0 Å². The highest BCUT2D eigenvalue weighted by Gasteiger charge is 2.39. The summed E-state index contributed by atoms with van der Waals surface area (Å²) in [6, 6.07) is -0.991. The molecule has 1 saturated carbocycles. The molecule has 0 aromatic heterocycles. The molecule has 0 saturated heterocycles. The number of unbranched alkanes of at least 4 members (excludes halogenated alkanes) is 16. The number of hydrogen-bond acceptors (Lipinski definition) is 9. The standard InChI is InChI=1S/C45H83N2O9P/c1-6-8-10-11-12-13-14-15-16-17-18-19-20-21-26-30-42(49)41(37-56-57(53,54)55-35-34-47(3,4)5)46-45(52)31-27-23-22-25-29-39-40(44(51)36-43(39)50)33-32-38(48)28-24-9-7-2/h22,25-26,30,32-33,38-42,44,48-49,51H,6-21,23-24,27-29,31,34-37H2,1-5H3,(H-,46,52,53,54)/b25-22-,30-26+,33-32+/t38-,39+,40+,41-,42+,44+/m0/s1. The fourth-order valence-electron chi connectivity index (χ4n) is 7.01. The third-order valence-electron chi connectivity index (χ3n) is 10.7. The molecular weight excluding hydrogens is 743 g/mol. The highest BCUT2D eigenvalue weighted by molar-refractivity contribution is 7.45. The summed E-state index contributed by atoms with van der Waals surface area (Å²) in [5.74, 6) is -1.03. The van der Waals surface area contributed by atoms with Crippen molar-refractivity contribution in [2.45, 2.75) is 186 Å². The van der Waals surface area contributed by atoms with Crippen molar-refractivity contribution in [3.05, 3.63) is 36.5 Å². The van der Waals surface area contributed by atoms with Crippen LogP contribution in [0, 0.1) is 11.8 Å². The molecule has 0 radical (unpaired) electrons. The zero-order chi connectivity index (χ0) is 42.4. The molecule has 1 unspecified atom stereocenters. The molecular formula is C45H83N2O9P. The van der Waals surface area contributed by atoms with Crippen LogP contribution in [0.3, 0.4) is 0 Å². The quantitative estimate of drug-likeness (QED) is 0.0211. The number of aliphatic hydroxyl groups is 3. The predicted octanol–water partition coefficient (Wildman–Crippen LogP) is 8.26. The maximum absolute atomic E-state index is 12.9. The molecule has 0 heterocycles. The number of Topliss-reactive ketones (excluding diaryl/α,β-unsaturated/α-hetero) is 1. The van der Waals surface area contributed by atoms with Gasteiger partial charge in [-0.1, -0.05) is 147 Å². The lowest BCUT2D eigenvalue weighted by molar-refractivity contribution is -0.870. The van der Waals surface area contributed by atoms with Crippen molar-refractivity contribution in [3.8, 4) is 0 Å². The number of nitrogens with one attached hydrogen (secondary N) is 1. The number of ketones is 1. The van der Waals surface area contributed by atoms with E-state index in [1.165, 1.54) is 70.6 Å². The van der Waals surface area contributed by atoms with Crippen LogP contribution in [-0.2, 0) is 23.2 Å². The lowest BCUT2D eigenvalue weighted by Gasteiger charge is -2.29. The molecule has 1 amide bonds. The van der Waals surface area contributed by atoms with Gasteiger partial charge < -0.3 is 39.1 Å². The van der Waals surface area contributed by atoms with E-state index in [2.05, 4.69) is 19.2 Å². The summed E-state index contributed by atoms with van der Waals surface area (Å²) in [4.78, 5) is 38.0. The molecule has 1 aliphatic carbocycles. The molecule has 1 aliphatic rings. The minimum Gasteiger partial charge on any atom is -0.756 e. The van der Waals surface area contributed by atoms with Gasteiger partial charge in [-0.15, -0.1) is 0 Å². The summed E-state index contributed by atoms with van der Waals surface area (Å²) < 4.78 is 23.1. The number of carbonyl (C=O) groups excluding carboxylic acids is 2. The molecule has 7 atom stereocenters. The van der Waals surface area contributed by atoms with Crippen LogP contribution in [0.4, 0.5) is 0 Å². The van der Waals surface area contributed by atoms with E-state index in [9.17, 15) is 34.4 Å². The summed E-state index contributed by atoms with van der Waals surface area (Å²) >= 11 is 0. The zero-order valence-electron chi connectivity index (χ0n) is 36.5. The maximum atomic E-state index is 12.9. The second kappa shape index (κ2) is 32.1. The van der Waals surface area contributed by atoms with Gasteiger partial charge in [-0.05, 0) is 38.5 Å². The van der Waals surface area contributed by atoms with E-state index < -0.39 is 38.8 Å². The van der Waals surface area contributed by atoms with Gasteiger partial charge in [0.15, 0.2) is 0 Å². The highest BCUT2D eigenvalue weighted by atomic mass is 31.2. The normalized spacial score (nSPS) is 20.5. The molecule has 1 rings (SSSR count). The van der Waals surface area contributed by atoms with Crippen LogP contribution in [0.2, 0.25) is 0 Å². The first kappa shape index (κ1) is 53.3. The van der Waals surface area contributed by atoms with Gasteiger partial charge in [-0.25, -0.2) is 0 Å². The van der Waals surface area contributed by atoms with Crippen LogP contribution in [0.15, 0.2) is 36.5 Å². The Morgan fingerprint density at radius 1 is 0.842 bits per heavy atom. The van der Waals surface area contributed by atoms with Crippen molar-refractivity contribution in [1.82, 2.24) is 5.32 Å². The number of quaternary nitrogens is 1. The van der Waals surface area contributed by atoms with E-state index in [-0.39, 0.29) is 43.0 Å². The number of aliphatic hydroxyl groups excluding tert-OH is 3. The molecule has 1 fully saturated rings. The van der Waals surface area contributed by atoms with Crippen LogP contribution in [0.25, 0.3) is 0 Å². The van der Waals surface area contributed by atoms with E-state index in [0.717, 1.165) is 38.5 Å². The van der Waals surface area contributed by atoms with Crippen molar-refractivity contribution in [3.63, 3.8) is 0 Å². The highest BCUT2D eigenvalue weighted by Crippen LogP contribution is 2.38. The molecule has 0 bridgehead atoms. The van der Waals surface area contributed by atoms with Crippen LogP contribution in [0.5, 0.6) is 0 Å². The molecule has 0 aliphatic heterocycles. The van der Waals surface area contributed by atoms with Gasteiger partial charge in [0.2, 0.25) is 5.91 Å². The molecule has 4 N–H and O–H groups in total. The van der Waals surface area contributed by atoms with E-state index in [4.69, 9.17) is 9.05 Å². The number of allylic oxidation sites excluding steroid dienone is 3. The van der Waals surface area contributed by atoms with Crippen LogP contribution < -0.4 is 10.2 Å². The van der Waals surface area contributed by atoms with Crippen molar-refractivity contribution >= 4 is 19.5 Å². The Hall–Kier alpha value is -1.69. The first-order valence-electron chi connectivity index (χ1n) is 22.5. The Morgan fingerprint density at radius 3 is 2.04 bits per heavy atom. The van der Waals surface area contributed by atoms with Crippen molar-refractivity contribution in [2.75, 3.05) is 40.9 Å². The SMILES string of the molecule is CCCCCCCCCCCCCCC/C=C/[C@@H](O)[C@H](COP(=O)([O-])OCC[N+](C)(C)C)NC(=O)CCC/C=C\C[C@H]1C(=O)C[C@@H](O)[C@@H]1/C=C/[C@@H](O)CCCCC. The van der Waals surface area contributed by atoms with E-state index >= 15 is 0 Å². The molecule has 57 heavy (non-hydrogen) atoms. The third kappa shape index (κ3) is 28.4. The first-order chi connectivity index (χ1) is 27.2. The number of carbonyl (C=O) groups is 2. The Bertz CT molecular complexity index is 1190. The maximum Gasteiger partial charge on any atom is 0.268 e. The largest absolute Gasteiger partial charge is 0.756 e. The smallest absolute Gasteiger partial charge is 0.268 e. The van der Waals surface area contributed by atoms with E-state index in [0.29, 0.717) is 36.7 Å². The Balaban J connectivity index is 2.58. The molecule has 0 aromatic rings. The van der Waals surface area contributed by atoms with Gasteiger partial charge in [0, 0.05) is 24.7 Å². The second-order valence-electron chi connectivity index (χ2n) is 17.2. The van der Waals surface area contributed by atoms with Gasteiger partial charge in [-0.2, -0.15) is 0 Å². The predicted molar refractivity (Wildman–Crippen MR) is 229 cm³/mol. The van der Waals surface area contributed by atoms with Crippen molar-refractivity contribution in [2.24, 2.45) is 11.8 Å². The van der Waals surface area contributed by atoms with Crippen LogP contribution in [-0.4, -0.2) is 96.7 Å². The van der Waals surface area contributed by atoms with Gasteiger partial charge >= 0.3 is 0 Å². The average Bonchev–Trinajstić information content (AvgIpc) is 3.42. The summed E-state index contributed by atoms with van der Waals surface area (Å²) in [6.45, 7) is 4.30. The number of amides is 1. The Labute approximate surface area is 347 Å². The van der Waals surface area contributed by atoms with Gasteiger partial charge in [0.05, 0.1) is 52.1 Å². The van der Waals surface area contributed by atoms with Crippen molar-refractivity contribution < 1.29 is 47.9 Å². The lowest BCUT2D eigenvalue weighted by Crippen LogP contribution is -2.45. The lowest BCUT2D eigenvalue weighted by atomic mass is 9.90. The summed E-state index contributed by atoms with van der Waals surface area (Å²) in [6.07, 6.45) is 31.1. The number of phosphoric acid groups is 1. The first-order valence-corrected chi connectivity index (χ1v) is 23.9. The van der Waals surface area contributed by atoms with E-state index in [1.54, 1.807) is 18.2 Å². The van der Waals surface area contributed by atoms with Crippen LogP contribution in [0.1, 0.15) is 162 Å². The molecule has 11 nitrogen and oxygen atoms in total.